The number of guanidine groups is 1. The van der Waals surface area contributed by atoms with E-state index < -0.39 is 0 Å². The van der Waals surface area contributed by atoms with Crippen molar-refractivity contribution in [2.75, 3.05) is 39.9 Å². The number of nitrogens with one attached hydrogen (secondary N) is 2. The van der Waals surface area contributed by atoms with Crippen molar-refractivity contribution in [3.8, 4) is 5.75 Å². The first-order valence-corrected chi connectivity index (χ1v) is 11.2. The summed E-state index contributed by atoms with van der Waals surface area (Å²) in [6.45, 7) is 10.3. The highest BCUT2D eigenvalue weighted by Gasteiger charge is 2.16. The van der Waals surface area contributed by atoms with Gasteiger partial charge in [-0.15, -0.1) is 0 Å². The largest absolute Gasteiger partial charge is 0.496 e. The third-order valence-electron chi connectivity index (χ3n) is 5.37. The molecule has 1 fully saturated rings. The molecule has 31 heavy (non-hydrogen) atoms. The van der Waals surface area contributed by atoms with Crippen LogP contribution in [0.1, 0.15) is 30.5 Å². The normalized spacial score (nSPS) is 17.4. The Morgan fingerprint density at radius 1 is 1.16 bits per heavy atom. The minimum atomic E-state index is 0.311. The molecule has 0 aromatic heterocycles. The summed E-state index contributed by atoms with van der Waals surface area (Å²) in [6, 6.07) is 16.9. The average Bonchev–Trinajstić information content (AvgIpc) is 2.78. The summed E-state index contributed by atoms with van der Waals surface area (Å²) in [6.07, 6.45) is 1.19. The van der Waals surface area contributed by atoms with Gasteiger partial charge >= 0.3 is 0 Å². The van der Waals surface area contributed by atoms with Crippen molar-refractivity contribution in [3.05, 3.63) is 65.2 Å². The fourth-order valence-corrected chi connectivity index (χ4v) is 3.86. The summed E-state index contributed by atoms with van der Waals surface area (Å²) in [5.41, 5.74) is 3.75. The number of methoxy groups -OCH3 is 1. The summed E-state index contributed by atoms with van der Waals surface area (Å²) < 4.78 is 11.1. The molecule has 2 aromatic carbocycles. The lowest BCUT2D eigenvalue weighted by Crippen LogP contribution is -2.40. The molecule has 0 amide bonds. The zero-order valence-electron chi connectivity index (χ0n) is 19.1. The number of nitrogens with zero attached hydrogens (tertiary/aromatic N) is 2. The van der Waals surface area contributed by atoms with Gasteiger partial charge in [-0.3, -0.25) is 4.90 Å². The Kier molecular flexibility index (Phi) is 9.18. The minimum Gasteiger partial charge on any atom is -0.496 e. The number of aliphatic imine (C=N–C) groups is 1. The van der Waals surface area contributed by atoms with Crippen LogP contribution in [-0.2, 0) is 24.2 Å². The van der Waals surface area contributed by atoms with Crippen LogP contribution in [0.15, 0.2) is 53.5 Å². The minimum absolute atomic E-state index is 0.311. The van der Waals surface area contributed by atoms with Crippen LogP contribution in [0.4, 0.5) is 0 Å². The Labute approximate surface area is 186 Å². The highest BCUT2D eigenvalue weighted by atomic mass is 16.5. The van der Waals surface area contributed by atoms with Crippen molar-refractivity contribution in [3.63, 3.8) is 0 Å². The van der Waals surface area contributed by atoms with Crippen LogP contribution in [0.3, 0.4) is 0 Å². The third kappa shape index (κ3) is 7.56. The molecular weight excluding hydrogens is 388 g/mol. The standard InChI is InChI=1S/C25H36N4O2/c1-4-26-25(27-13-12-23-10-5-6-11-24(23)30-3)28-17-21-8-7-9-22(16-21)19-29-14-15-31-20(2)18-29/h5-11,16,20H,4,12-15,17-19H2,1-3H3,(H2,26,27,28). The maximum Gasteiger partial charge on any atom is 0.191 e. The Morgan fingerprint density at radius 3 is 2.81 bits per heavy atom. The maximum absolute atomic E-state index is 5.65. The van der Waals surface area contributed by atoms with Crippen LogP contribution in [0.25, 0.3) is 0 Å². The van der Waals surface area contributed by atoms with Gasteiger partial charge in [-0.2, -0.15) is 0 Å². The smallest absolute Gasteiger partial charge is 0.191 e. The number of rotatable bonds is 9. The Balaban J connectivity index is 1.54. The summed E-state index contributed by atoms with van der Waals surface area (Å²) in [4.78, 5) is 7.25. The van der Waals surface area contributed by atoms with Crippen molar-refractivity contribution in [1.82, 2.24) is 15.5 Å². The molecule has 0 spiro atoms. The summed E-state index contributed by atoms with van der Waals surface area (Å²) in [5.74, 6) is 1.77. The molecule has 2 N–H and O–H groups in total. The molecule has 2 aromatic rings. The maximum atomic E-state index is 5.65. The van der Waals surface area contributed by atoms with E-state index in [1.165, 1.54) is 16.7 Å². The fraction of sp³-hybridized carbons (Fsp3) is 0.480. The molecule has 6 heteroatoms. The van der Waals surface area contributed by atoms with Gasteiger partial charge in [0.1, 0.15) is 5.75 Å². The first-order chi connectivity index (χ1) is 15.2. The molecule has 0 saturated carbocycles. The number of para-hydroxylation sites is 1. The molecule has 0 aliphatic carbocycles. The number of hydrogen-bond acceptors (Lipinski definition) is 4. The van der Waals surface area contributed by atoms with Gasteiger partial charge in [0.05, 0.1) is 26.4 Å². The number of benzene rings is 2. The molecule has 0 bridgehead atoms. The molecule has 1 atom stereocenters. The Hall–Kier alpha value is -2.57. The van der Waals surface area contributed by atoms with Crippen LogP contribution in [0.5, 0.6) is 5.75 Å². The topological polar surface area (TPSA) is 58.1 Å². The molecule has 1 aliphatic heterocycles. The van der Waals surface area contributed by atoms with E-state index in [4.69, 9.17) is 14.5 Å². The third-order valence-corrected chi connectivity index (χ3v) is 5.37. The lowest BCUT2D eigenvalue weighted by Gasteiger charge is -2.31. The van der Waals surface area contributed by atoms with E-state index in [0.29, 0.717) is 12.6 Å². The second-order valence-electron chi connectivity index (χ2n) is 7.92. The fourth-order valence-electron chi connectivity index (χ4n) is 3.86. The van der Waals surface area contributed by atoms with E-state index in [2.05, 4.69) is 59.7 Å². The summed E-state index contributed by atoms with van der Waals surface area (Å²) in [5, 5.41) is 6.78. The van der Waals surface area contributed by atoms with Crippen LogP contribution in [0.2, 0.25) is 0 Å². The first kappa shape index (κ1) is 23.1. The van der Waals surface area contributed by atoms with E-state index in [9.17, 15) is 0 Å². The van der Waals surface area contributed by atoms with Gasteiger partial charge < -0.3 is 20.1 Å². The quantitative estimate of drug-likeness (QED) is 0.478. The zero-order valence-corrected chi connectivity index (χ0v) is 19.1. The summed E-state index contributed by atoms with van der Waals surface area (Å²) >= 11 is 0. The SMILES string of the molecule is CCNC(=NCc1cccc(CN2CCOC(C)C2)c1)NCCc1ccccc1OC. The van der Waals surface area contributed by atoms with Crippen molar-refractivity contribution < 1.29 is 9.47 Å². The molecule has 1 unspecified atom stereocenters. The van der Waals surface area contributed by atoms with Gasteiger partial charge in [-0.1, -0.05) is 42.5 Å². The second kappa shape index (κ2) is 12.3. The summed E-state index contributed by atoms with van der Waals surface area (Å²) in [7, 11) is 1.71. The van der Waals surface area contributed by atoms with Gasteiger partial charge in [0.2, 0.25) is 0 Å². The monoisotopic (exact) mass is 424 g/mol. The van der Waals surface area contributed by atoms with Crippen LogP contribution < -0.4 is 15.4 Å². The van der Waals surface area contributed by atoms with Gasteiger partial charge in [-0.05, 0) is 43.0 Å². The van der Waals surface area contributed by atoms with E-state index >= 15 is 0 Å². The van der Waals surface area contributed by atoms with E-state index in [1.807, 2.05) is 18.2 Å². The second-order valence-corrected chi connectivity index (χ2v) is 7.92. The van der Waals surface area contributed by atoms with E-state index in [-0.39, 0.29) is 0 Å². The van der Waals surface area contributed by atoms with Crippen molar-refractivity contribution >= 4 is 5.96 Å². The molecule has 168 valence electrons. The molecule has 3 rings (SSSR count). The number of morpholine rings is 1. The van der Waals surface area contributed by atoms with Gasteiger partial charge in [0, 0.05) is 32.7 Å². The highest BCUT2D eigenvalue weighted by molar-refractivity contribution is 5.79. The number of hydrogen-bond donors (Lipinski definition) is 2. The van der Waals surface area contributed by atoms with E-state index in [1.54, 1.807) is 7.11 Å². The average molecular weight is 425 g/mol. The molecule has 6 nitrogen and oxygen atoms in total. The lowest BCUT2D eigenvalue weighted by molar-refractivity contribution is -0.0212. The Morgan fingerprint density at radius 2 is 2.00 bits per heavy atom. The van der Waals surface area contributed by atoms with Gasteiger partial charge in [0.25, 0.3) is 0 Å². The van der Waals surface area contributed by atoms with Crippen molar-refractivity contribution in [2.24, 2.45) is 4.99 Å². The Bertz CT molecular complexity index is 840. The van der Waals surface area contributed by atoms with E-state index in [0.717, 1.165) is 57.5 Å². The number of ether oxygens (including phenoxy) is 2. The van der Waals surface area contributed by atoms with Crippen LogP contribution >= 0.6 is 0 Å². The van der Waals surface area contributed by atoms with Crippen LogP contribution in [-0.4, -0.2) is 56.9 Å². The van der Waals surface area contributed by atoms with Crippen molar-refractivity contribution in [1.29, 1.82) is 0 Å². The molecule has 1 heterocycles. The predicted molar refractivity (Wildman–Crippen MR) is 127 cm³/mol. The van der Waals surface area contributed by atoms with Gasteiger partial charge in [0.15, 0.2) is 5.96 Å². The molecule has 1 saturated heterocycles. The predicted octanol–water partition coefficient (Wildman–Crippen LogP) is 3.21. The lowest BCUT2D eigenvalue weighted by atomic mass is 10.1. The molecule has 1 aliphatic rings. The van der Waals surface area contributed by atoms with Gasteiger partial charge in [-0.25, -0.2) is 4.99 Å². The van der Waals surface area contributed by atoms with Crippen molar-refractivity contribution in [2.45, 2.75) is 39.5 Å². The highest BCUT2D eigenvalue weighted by Crippen LogP contribution is 2.17. The first-order valence-electron chi connectivity index (χ1n) is 11.2. The molecular formula is C25H36N4O2. The zero-order chi connectivity index (χ0) is 21.9. The van der Waals surface area contributed by atoms with Crippen LogP contribution in [0, 0.1) is 0 Å². The molecule has 0 radical (unpaired) electrons.